The number of aliphatic hydroxyl groups is 1. The molecule has 2 aliphatic heterocycles. The molecule has 1 aromatic carbocycles. The lowest BCUT2D eigenvalue weighted by molar-refractivity contribution is 0.191. The van der Waals surface area contributed by atoms with E-state index in [0.29, 0.717) is 24.7 Å². The van der Waals surface area contributed by atoms with Gasteiger partial charge in [-0.15, -0.1) is 0 Å². The van der Waals surface area contributed by atoms with Crippen molar-refractivity contribution in [2.75, 3.05) is 13.2 Å². The van der Waals surface area contributed by atoms with Crippen molar-refractivity contribution >= 4 is 0 Å². The predicted molar refractivity (Wildman–Crippen MR) is 70.3 cm³/mol. The summed E-state index contributed by atoms with van der Waals surface area (Å²) in [5, 5.41) is 16.7. The van der Waals surface area contributed by atoms with Gasteiger partial charge in [0.15, 0.2) is 0 Å². The van der Waals surface area contributed by atoms with Crippen LogP contribution in [0.4, 0.5) is 0 Å². The number of nitrogens with one attached hydrogen (secondary N) is 1. The van der Waals surface area contributed by atoms with Gasteiger partial charge in [-0.3, -0.25) is 0 Å². The molecule has 1 fully saturated rings. The van der Waals surface area contributed by atoms with E-state index in [1.165, 1.54) is 5.56 Å². The van der Waals surface area contributed by atoms with Gasteiger partial charge in [0, 0.05) is 18.5 Å². The molecule has 4 rings (SSSR count). The normalized spacial score (nSPS) is 24.6. The van der Waals surface area contributed by atoms with Crippen molar-refractivity contribution in [2.24, 2.45) is 0 Å². The molecule has 1 saturated heterocycles. The largest absolute Gasteiger partial charge is 0.493 e. The third-order valence-electron chi connectivity index (χ3n) is 3.80. The van der Waals surface area contributed by atoms with Crippen LogP contribution in [0, 0.1) is 0 Å². The monoisotopic (exact) mass is 273 g/mol. The van der Waals surface area contributed by atoms with Crippen LogP contribution in [-0.4, -0.2) is 34.5 Å². The molecule has 0 unspecified atom stereocenters. The molecular formula is C14H15N3O3. The van der Waals surface area contributed by atoms with Gasteiger partial charge in [-0.05, 0) is 30.2 Å². The molecule has 104 valence electrons. The smallest absolute Gasteiger partial charge is 0.244 e. The Morgan fingerprint density at radius 3 is 3.15 bits per heavy atom. The Morgan fingerprint density at radius 2 is 2.30 bits per heavy atom. The number of aromatic nitrogens is 2. The lowest BCUT2D eigenvalue weighted by Gasteiger charge is -2.02. The Kier molecular flexibility index (Phi) is 2.71. The number of nitrogens with zero attached hydrogens (tertiary/aromatic N) is 2. The van der Waals surface area contributed by atoms with Gasteiger partial charge < -0.3 is 19.7 Å². The van der Waals surface area contributed by atoms with Crippen LogP contribution in [0.5, 0.6) is 5.75 Å². The fraction of sp³-hybridized carbons (Fsp3) is 0.429. The van der Waals surface area contributed by atoms with Crippen LogP contribution in [0.3, 0.4) is 0 Å². The van der Waals surface area contributed by atoms with E-state index in [2.05, 4.69) is 15.5 Å². The third kappa shape index (κ3) is 1.97. The van der Waals surface area contributed by atoms with Crippen LogP contribution in [0.1, 0.15) is 23.9 Å². The second-order valence-corrected chi connectivity index (χ2v) is 5.23. The number of benzene rings is 1. The summed E-state index contributed by atoms with van der Waals surface area (Å²) < 4.78 is 10.8. The van der Waals surface area contributed by atoms with Crippen LogP contribution < -0.4 is 10.1 Å². The number of hydrogen-bond donors (Lipinski definition) is 2. The molecule has 0 spiro atoms. The van der Waals surface area contributed by atoms with Gasteiger partial charge in [-0.2, -0.15) is 4.98 Å². The Morgan fingerprint density at radius 1 is 1.35 bits per heavy atom. The second-order valence-electron chi connectivity index (χ2n) is 5.23. The number of ether oxygens (including phenoxy) is 1. The highest BCUT2D eigenvalue weighted by Crippen LogP contribution is 2.30. The molecule has 1 aromatic heterocycles. The highest BCUT2D eigenvalue weighted by Gasteiger charge is 2.28. The number of hydrogen-bond acceptors (Lipinski definition) is 6. The van der Waals surface area contributed by atoms with Gasteiger partial charge in [0.1, 0.15) is 5.75 Å². The van der Waals surface area contributed by atoms with Crippen molar-refractivity contribution in [3.8, 4) is 17.1 Å². The molecule has 2 N–H and O–H groups in total. The van der Waals surface area contributed by atoms with Gasteiger partial charge in [-0.25, -0.2) is 0 Å². The van der Waals surface area contributed by atoms with Gasteiger partial charge in [0.2, 0.25) is 11.7 Å². The highest BCUT2D eigenvalue weighted by atomic mass is 16.5. The Labute approximate surface area is 115 Å². The minimum absolute atomic E-state index is 0.0518. The zero-order valence-corrected chi connectivity index (χ0v) is 10.9. The summed E-state index contributed by atoms with van der Waals surface area (Å²) >= 11 is 0. The summed E-state index contributed by atoms with van der Waals surface area (Å²) in [5.41, 5.74) is 2.12. The lowest BCUT2D eigenvalue weighted by Crippen LogP contribution is -2.15. The van der Waals surface area contributed by atoms with E-state index in [-0.39, 0.29) is 12.1 Å². The number of aliphatic hydroxyl groups excluding tert-OH is 1. The molecule has 2 aromatic rings. The highest BCUT2D eigenvalue weighted by molar-refractivity contribution is 5.59. The number of fused-ring (bicyclic) bond motifs is 1. The second kappa shape index (κ2) is 4.57. The standard InChI is InChI=1S/C14H15N3O3/c18-10-6-11(15-7-10)14-16-13(17-20-14)9-1-2-12-8(5-9)3-4-19-12/h1-2,5,10-11,15,18H,3-4,6-7H2/t10-,11-/m1/s1. The quantitative estimate of drug-likeness (QED) is 0.852. The van der Waals surface area contributed by atoms with Crippen molar-refractivity contribution in [3.63, 3.8) is 0 Å². The first-order valence-corrected chi connectivity index (χ1v) is 6.81. The molecule has 6 nitrogen and oxygen atoms in total. The molecule has 3 heterocycles. The van der Waals surface area contributed by atoms with E-state index < -0.39 is 0 Å². The maximum absolute atomic E-state index is 9.52. The summed E-state index contributed by atoms with van der Waals surface area (Å²) in [6.45, 7) is 1.30. The van der Waals surface area contributed by atoms with Crippen LogP contribution in [0.25, 0.3) is 11.4 Å². The minimum Gasteiger partial charge on any atom is -0.493 e. The summed E-state index contributed by atoms with van der Waals surface area (Å²) in [4.78, 5) is 4.43. The summed E-state index contributed by atoms with van der Waals surface area (Å²) in [7, 11) is 0. The SMILES string of the molecule is O[C@H]1CN[C@@H](c2nc(-c3ccc4c(c3)CCO4)no2)C1. The fourth-order valence-electron chi connectivity index (χ4n) is 2.72. The van der Waals surface area contributed by atoms with E-state index in [0.717, 1.165) is 24.3 Å². The molecular weight excluding hydrogens is 258 g/mol. The molecule has 0 radical (unpaired) electrons. The zero-order chi connectivity index (χ0) is 13.5. The molecule has 0 amide bonds. The summed E-state index contributed by atoms with van der Waals surface area (Å²) in [5.74, 6) is 2.06. The minimum atomic E-state index is -0.340. The van der Waals surface area contributed by atoms with Crippen molar-refractivity contribution in [3.05, 3.63) is 29.7 Å². The summed E-state index contributed by atoms with van der Waals surface area (Å²) in [6.07, 6.45) is 1.19. The van der Waals surface area contributed by atoms with Gasteiger partial charge in [0.25, 0.3) is 0 Å². The van der Waals surface area contributed by atoms with Crippen LogP contribution in [-0.2, 0) is 6.42 Å². The van der Waals surface area contributed by atoms with Crippen LogP contribution in [0.2, 0.25) is 0 Å². The first kappa shape index (κ1) is 11.9. The maximum atomic E-state index is 9.52. The first-order valence-electron chi connectivity index (χ1n) is 6.81. The van der Waals surface area contributed by atoms with Gasteiger partial charge >= 0.3 is 0 Å². The van der Waals surface area contributed by atoms with E-state index >= 15 is 0 Å². The topological polar surface area (TPSA) is 80.4 Å². The van der Waals surface area contributed by atoms with Crippen LogP contribution in [0.15, 0.2) is 22.7 Å². The molecule has 0 bridgehead atoms. The Balaban J connectivity index is 1.61. The molecule has 0 saturated carbocycles. The molecule has 0 aliphatic carbocycles. The van der Waals surface area contributed by atoms with Crippen molar-refractivity contribution in [2.45, 2.75) is 25.0 Å². The van der Waals surface area contributed by atoms with E-state index in [9.17, 15) is 5.11 Å². The van der Waals surface area contributed by atoms with Gasteiger partial charge in [0.05, 0.1) is 18.8 Å². The first-order chi connectivity index (χ1) is 9.79. The average Bonchev–Trinajstić information content (AvgIpc) is 3.17. The fourth-order valence-corrected chi connectivity index (χ4v) is 2.72. The zero-order valence-electron chi connectivity index (χ0n) is 10.9. The number of β-amino-alcohol motifs (C(OH)–C–C–N with tert-alkyl or cyclic N) is 1. The lowest BCUT2D eigenvalue weighted by atomic mass is 10.1. The molecule has 6 heteroatoms. The predicted octanol–water partition coefficient (Wildman–Crippen LogP) is 1.07. The third-order valence-corrected chi connectivity index (χ3v) is 3.80. The van der Waals surface area contributed by atoms with Crippen LogP contribution >= 0.6 is 0 Å². The Hall–Kier alpha value is -1.92. The van der Waals surface area contributed by atoms with Crippen molar-refractivity contribution in [1.82, 2.24) is 15.5 Å². The van der Waals surface area contributed by atoms with Crippen molar-refractivity contribution in [1.29, 1.82) is 0 Å². The van der Waals surface area contributed by atoms with E-state index in [4.69, 9.17) is 9.26 Å². The van der Waals surface area contributed by atoms with E-state index in [1.54, 1.807) is 0 Å². The summed E-state index contributed by atoms with van der Waals surface area (Å²) in [6, 6.07) is 5.89. The van der Waals surface area contributed by atoms with Crippen molar-refractivity contribution < 1.29 is 14.4 Å². The molecule has 2 atom stereocenters. The van der Waals surface area contributed by atoms with E-state index in [1.807, 2.05) is 18.2 Å². The maximum Gasteiger partial charge on any atom is 0.244 e. The molecule has 2 aliphatic rings. The average molecular weight is 273 g/mol. The Bertz CT molecular complexity index is 640. The van der Waals surface area contributed by atoms with Gasteiger partial charge in [-0.1, -0.05) is 5.16 Å². The number of rotatable bonds is 2. The molecule has 20 heavy (non-hydrogen) atoms.